The van der Waals surface area contributed by atoms with E-state index in [1.807, 2.05) is 19.1 Å². The summed E-state index contributed by atoms with van der Waals surface area (Å²) in [5, 5.41) is 5.76. The van der Waals surface area contributed by atoms with Crippen LogP contribution in [0.25, 0.3) is 22.8 Å². The number of nitrogens with one attached hydrogen (secondary N) is 2. The van der Waals surface area contributed by atoms with Crippen LogP contribution >= 0.6 is 0 Å². The highest BCUT2D eigenvalue weighted by atomic mass is 32.2. The van der Waals surface area contributed by atoms with E-state index in [1.165, 1.54) is 4.31 Å². The largest absolute Gasteiger partial charge is 0.377 e. The molecule has 2 aromatic carbocycles. The number of urea groups is 1. The van der Waals surface area contributed by atoms with Gasteiger partial charge in [-0.05, 0) is 69.0 Å². The summed E-state index contributed by atoms with van der Waals surface area (Å²) in [6.07, 6.45) is 3.73. The van der Waals surface area contributed by atoms with Crippen molar-refractivity contribution in [2.24, 2.45) is 0 Å². The maximum absolute atomic E-state index is 13.6. The van der Waals surface area contributed by atoms with E-state index in [0.29, 0.717) is 61.7 Å². The summed E-state index contributed by atoms with van der Waals surface area (Å²) in [6.45, 7) is 4.75. The van der Waals surface area contributed by atoms with Crippen molar-refractivity contribution >= 4 is 27.7 Å². The van der Waals surface area contributed by atoms with Crippen molar-refractivity contribution in [1.82, 2.24) is 24.6 Å². The molecule has 1 atom stereocenters. The molecule has 3 aliphatic rings. The first-order chi connectivity index (χ1) is 19.4. The molecule has 2 amide bonds. The maximum atomic E-state index is 13.6. The van der Waals surface area contributed by atoms with E-state index < -0.39 is 10.0 Å². The molecule has 1 aromatic heterocycles. The number of rotatable bonds is 7. The van der Waals surface area contributed by atoms with Gasteiger partial charge >= 0.3 is 6.03 Å². The quantitative estimate of drug-likeness (QED) is 0.447. The first-order valence-corrected chi connectivity index (χ1v) is 15.2. The summed E-state index contributed by atoms with van der Waals surface area (Å²) in [4.78, 5) is 28.8. The average molecular weight is 564 g/mol. The SMILES string of the molecule is C[C@H]1COCCN1c1nc(-c2ccc(NC(=O)NC3CC3)cc2)nc(-c2ccccc2S(=O)(=O)N2CCCC2)n1. The zero-order valence-corrected chi connectivity index (χ0v) is 23.2. The maximum Gasteiger partial charge on any atom is 0.319 e. The molecule has 3 fully saturated rings. The van der Waals surface area contributed by atoms with Crippen molar-refractivity contribution in [3.63, 3.8) is 0 Å². The minimum absolute atomic E-state index is 0.0389. The molecule has 2 aliphatic heterocycles. The van der Waals surface area contributed by atoms with Crippen LogP contribution in [0.3, 0.4) is 0 Å². The van der Waals surface area contributed by atoms with Gasteiger partial charge in [0, 0.05) is 42.5 Å². The Kier molecular flexibility index (Phi) is 7.39. The summed E-state index contributed by atoms with van der Waals surface area (Å²) in [5.74, 6) is 1.18. The van der Waals surface area contributed by atoms with Gasteiger partial charge in [-0.25, -0.2) is 18.2 Å². The van der Waals surface area contributed by atoms with Crippen LogP contribution in [0.5, 0.6) is 0 Å². The van der Waals surface area contributed by atoms with Gasteiger partial charge in [0.05, 0.1) is 24.2 Å². The van der Waals surface area contributed by atoms with Crippen molar-refractivity contribution in [3.05, 3.63) is 48.5 Å². The second kappa shape index (κ2) is 11.1. The van der Waals surface area contributed by atoms with E-state index in [0.717, 1.165) is 31.2 Å². The molecule has 210 valence electrons. The van der Waals surface area contributed by atoms with Crippen molar-refractivity contribution < 1.29 is 17.9 Å². The third-order valence-electron chi connectivity index (χ3n) is 7.37. The Bertz CT molecular complexity index is 1490. The van der Waals surface area contributed by atoms with Crippen LogP contribution in [0.1, 0.15) is 32.6 Å². The predicted octanol–water partition coefficient (Wildman–Crippen LogP) is 3.50. The van der Waals surface area contributed by atoms with E-state index in [9.17, 15) is 13.2 Å². The fourth-order valence-corrected chi connectivity index (χ4v) is 6.70. The predicted molar refractivity (Wildman–Crippen MR) is 151 cm³/mol. The number of hydrogen-bond acceptors (Lipinski definition) is 8. The number of anilines is 2. The number of amides is 2. The molecule has 1 saturated carbocycles. The number of carbonyl (C=O) groups excluding carboxylic acids is 1. The number of aromatic nitrogens is 3. The number of nitrogens with zero attached hydrogens (tertiary/aromatic N) is 5. The smallest absolute Gasteiger partial charge is 0.319 e. The molecule has 3 aromatic rings. The van der Waals surface area contributed by atoms with Gasteiger partial charge in [-0.15, -0.1) is 0 Å². The minimum Gasteiger partial charge on any atom is -0.377 e. The molecule has 0 radical (unpaired) electrons. The molecule has 3 heterocycles. The number of carbonyl (C=O) groups is 1. The number of morpholine rings is 1. The summed E-state index contributed by atoms with van der Waals surface area (Å²) in [5.41, 5.74) is 1.81. The monoisotopic (exact) mass is 563 g/mol. The van der Waals surface area contributed by atoms with Crippen LogP contribution in [0.4, 0.5) is 16.4 Å². The van der Waals surface area contributed by atoms with Crippen molar-refractivity contribution in [3.8, 4) is 22.8 Å². The van der Waals surface area contributed by atoms with Crippen LogP contribution in [0.15, 0.2) is 53.4 Å². The Morgan fingerprint density at radius 2 is 1.68 bits per heavy atom. The second-order valence-electron chi connectivity index (χ2n) is 10.5. The molecule has 2 N–H and O–H groups in total. The number of sulfonamides is 1. The Labute approximate surface area is 234 Å². The molecule has 12 heteroatoms. The Morgan fingerprint density at radius 1 is 0.950 bits per heavy atom. The fourth-order valence-electron chi connectivity index (χ4n) is 4.99. The van der Waals surface area contributed by atoms with E-state index in [4.69, 9.17) is 19.7 Å². The van der Waals surface area contributed by atoms with E-state index >= 15 is 0 Å². The summed E-state index contributed by atoms with van der Waals surface area (Å²) >= 11 is 0. The highest BCUT2D eigenvalue weighted by molar-refractivity contribution is 7.89. The minimum atomic E-state index is -3.71. The van der Waals surface area contributed by atoms with Crippen LogP contribution in [0, 0.1) is 0 Å². The fraction of sp³-hybridized carbons (Fsp3) is 0.429. The molecule has 40 heavy (non-hydrogen) atoms. The number of hydrogen-bond donors (Lipinski definition) is 2. The van der Waals surface area contributed by atoms with Gasteiger partial charge in [-0.2, -0.15) is 14.3 Å². The normalized spacial score (nSPS) is 19.9. The zero-order chi connectivity index (χ0) is 27.7. The van der Waals surface area contributed by atoms with Gasteiger partial charge in [0.25, 0.3) is 0 Å². The standard InChI is InChI=1S/C28H33N7O4S/c1-19-18-39-17-16-35(19)27-32-25(20-8-10-21(11-9-20)29-28(36)30-22-12-13-22)31-26(33-27)23-6-2-3-7-24(23)40(37,38)34-14-4-5-15-34/h2-3,6-11,19,22H,4-5,12-18H2,1H3,(H2,29,30,36)/t19-/m0/s1. The molecule has 11 nitrogen and oxygen atoms in total. The van der Waals surface area contributed by atoms with Gasteiger partial charge < -0.3 is 20.3 Å². The number of benzene rings is 2. The molecule has 0 bridgehead atoms. The lowest BCUT2D eigenvalue weighted by Crippen LogP contribution is -2.44. The van der Waals surface area contributed by atoms with Crippen molar-refractivity contribution in [1.29, 1.82) is 0 Å². The third-order valence-corrected chi connectivity index (χ3v) is 9.33. The van der Waals surface area contributed by atoms with Crippen LogP contribution in [0.2, 0.25) is 0 Å². The third kappa shape index (κ3) is 5.65. The first kappa shape index (κ1) is 26.6. The van der Waals surface area contributed by atoms with E-state index in [-0.39, 0.29) is 23.0 Å². The highest BCUT2D eigenvalue weighted by Crippen LogP contribution is 2.32. The average Bonchev–Trinajstić information content (AvgIpc) is 3.59. The van der Waals surface area contributed by atoms with Gasteiger partial charge in [0.2, 0.25) is 16.0 Å². The highest BCUT2D eigenvalue weighted by Gasteiger charge is 2.31. The van der Waals surface area contributed by atoms with Crippen molar-refractivity contribution in [2.45, 2.75) is 49.6 Å². The number of ether oxygens (including phenoxy) is 1. The molecule has 0 spiro atoms. The van der Waals surface area contributed by atoms with Gasteiger partial charge in [0.15, 0.2) is 11.6 Å². The van der Waals surface area contributed by atoms with Gasteiger partial charge in [0.1, 0.15) is 0 Å². The molecular weight excluding hydrogens is 530 g/mol. The summed E-state index contributed by atoms with van der Waals surface area (Å²) < 4.78 is 34.4. The van der Waals surface area contributed by atoms with Crippen molar-refractivity contribution in [2.75, 3.05) is 43.1 Å². The van der Waals surface area contributed by atoms with E-state index in [2.05, 4.69) is 15.5 Å². The topological polar surface area (TPSA) is 130 Å². The Hall–Kier alpha value is -3.61. The first-order valence-electron chi connectivity index (χ1n) is 13.8. The van der Waals surface area contributed by atoms with Gasteiger partial charge in [-0.3, -0.25) is 0 Å². The molecule has 2 saturated heterocycles. The lowest BCUT2D eigenvalue weighted by molar-refractivity contribution is 0.0981. The Balaban J connectivity index is 1.39. The molecule has 1 aliphatic carbocycles. The lowest BCUT2D eigenvalue weighted by Gasteiger charge is -2.33. The summed E-state index contributed by atoms with van der Waals surface area (Å²) in [6, 6.07) is 14.3. The van der Waals surface area contributed by atoms with Gasteiger partial charge in [-0.1, -0.05) is 12.1 Å². The lowest BCUT2D eigenvalue weighted by atomic mass is 10.1. The molecule has 6 rings (SSSR count). The zero-order valence-electron chi connectivity index (χ0n) is 22.4. The summed E-state index contributed by atoms with van der Waals surface area (Å²) in [7, 11) is -3.71. The molecular formula is C28H33N7O4S. The van der Waals surface area contributed by atoms with Crippen LogP contribution in [-0.2, 0) is 14.8 Å². The van der Waals surface area contributed by atoms with Crippen LogP contribution < -0.4 is 15.5 Å². The van der Waals surface area contributed by atoms with E-state index in [1.54, 1.807) is 36.4 Å². The Morgan fingerprint density at radius 3 is 2.40 bits per heavy atom. The molecule has 0 unspecified atom stereocenters. The van der Waals surface area contributed by atoms with Crippen LogP contribution in [-0.4, -0.2) is 78.6 Å². The second-order valence-corrected chi connectivity index (χ2v) is 12.4.